The van der Waals surface area contributed by atoms with Gasteiger partial charge >= 0.3 is 0 Å². The number of hydrogen-bond acceptors (Lipinski definition) is 4. The van der Waals surface area contributed by atoms with E-state index in [1.807, 2.05) is 17.0 Å². The molecular formula is C26H30FN3O2. The Morgan fingerprint density at radius 3 is 2.28 bits per heavy atom. The second-order valence-corrected chi connectivity index (χ2v) is 10.5. The quantitative estimate of drug-likeness (QED) is 0.765. The van der Waals surface area contributed by atoms with Crippen LogP contribution in [0.25, 0.3) is 0 Å². The monoisotopic (exact) mass is 435 g/mol. The van der Waals surface area contributed by atoms with Gasteiger partial charge in [0.2, 0.25) is 11.8 Å². The summed E-state index contributed by atoms with van der Waals surface area (Å²) in [4.78, 5) is 19.6. The van der Waals surface area contributed by atoms with Gasteiger partial charge in [-0.1, -0.05) is 12.1 Å². The molecule has 4 saturated carbocycles. The first-order valence-electron chi connectivity index (χ1n) is 11.9. The number of benzene rings is 1. The minimum Gasteiger partial charge on any atom is -0.471 e. The van der Waals surface area contributed by atoms with Gasteiger partial charge in [-0.3, -0.25) is 4.79 Å². The van der Waals surface area contributed by atoms with Gasteiger partial charge < -0.3 is 15.4 Å². The van der Waals surface area contributed by atoms with Crippen molar-refractivity contribution in [2.45, 2.75) is 50.0 Å². The van der Waals surface area contributed by atoms with Crippen molar-refractivity contribution < 1.29 is 13.9 Å². The van der Waals surface area contributed by atoms with E-state index in [0.29, 0.717) is 42.9 Å². The molecule has 1 aliphatic heterocycles. The molecule has 32 heavy (non-hydrogen) atoms. The number of nitrogens with two attached hydrogens (primary N) is 1. The van der Waals surface area contributed by atoms with Gasteiger partial charge in [-0.15, -0.1) is 0 Å². The summed E-state index contributed by atoms with van der Waals surface area (Å²) in [6.07, 6.45) is 8.30. The van der Waals surface area contributed by atoms with Crippen LogP contribution in [0, 0.1) is 29.5 Å². The molecule has 5 fully saturated rings. The zero-order valence-corrected chi connectivity index (χ0v) is 18.3. The molecule has 1 aromatic carbocycles. The second kappa shape index (κ2) is 7.46. The number of carbonyl (C=O) groups excluding carboxylic acids is 1. The molecule has 0 atom stereocenters. The minimum absolute atomic E-state index is 0.0321. The van der Waals surface area contributed by atoms with Gasteiger partial charge in [0, 0.05) is 17.9 Å². The Kier molecular flexibility index (Phi) is 4.67. The summed E-state index contributed by atoms with van der Waals surface area (Å²) < 4.78 is 19.6. The fourth-order valence-corrected chi connectivity index (χ4v) is 7.36. The predicted octanol–water partition coefficient (Wildman–Crippen LogP) is 4.18. The van der Waals surface area contributed by atoms with Crippen molar-refractivity contribution in [3.8, 4) is 5.88 Å². The van der Waals surface area contributed by atoms with Gasteiger partial charge in [-0.05, 0) is 79.5 Å². The highest BCUT2D eigenvalue weighted by Gasteiger charge is 2.58. The van der Waals surface area contributed by atoms with Gasteiger partial charge in [-0.25, -0.2) is 9.37 Å². The number of nitrogen functional groups attached to an aromatic ring is 1. The van der Waals surface area contributed by atoms with Gasteiger partial charge in [-0.2, -0.15) is 0 Å². The van der Waals surface area contributed by atoms with Crippen molar-refractivity contribution >= 4 is 11.6 Å². The molecule has 0 radical (unpaired) electrons. The van der Waals surface area contributed by atoms with Gasteiger partial charge in [0.25, 0.3) is 0 Å². The van der Waals surface area contributed by atoms with E-state index >= 15 is 0 Å². The highest BCUT2D eigenvalue weighted by atomic mass is 19.1. The number of carbonyl (C=O) groups is 1. The van der Waals surface area contributed by atoms with Gasteiger partial charge in [0.05, 0.1) is 25.0 Å². The number of likely N-dealkylation sites (tertiary alicyclic amines) is 1. The molecule has 2 aromatic rings. The van der Waals surface area contributed by atoms with Crippen LogP contribution in [0.2, 0.25) is 0 Å². The van der Waals surface area contributed by atoms with Crippen LogP contribution in [0.15, 0.2) is 42.6 Å². The van der Waals surface area contributed by atoms with E-state index in [0.717, 1.165) is 11.8 Å². The van der Waals surface area contributed by atoms with Crippen molar-refractivity contribution in [2.75, 3.05) is 18.8 Å². The van der Waals surface area contributed by atoms with Crippen LogP contribution >= 0.6 is 0 Å². The molecule has 4 bridgehead atoms. The van der Waals surface area contributed by atoms with Gasteiger partial charge in [0.15, 0.2) is 0 Å². The molecule has 2 N–H and O–H groups in total. The maximum atomic E-state index is 13.7. The van der Waals surface area contributed by atoms with Crippen molar-refractivity contribution in [1.82, 2.24) is 9.88 Å². The number of rotatable bonds is 5. The van der Waals surface area contributed by atoms with Crippen LogP contribution in [0.4, 0.5) is 10.1 Å². The summed E-state index contributed by atoms with van der Waals surface area (Å²) in [6.45, 7) is 1.18. The average molecular weight is 436 g/mol. The molecule has 1 saturated heterocycles. The average Bonchev–Trinajstić information content (AvgIpc) is 2.74. The van der Waals surface area contributed by atoms with E-state index in [1.54, 1.807) is 30.5 Å². The maximum Gasteiger partial charge on any atom is 0.223 e. The maximum absolute atomic E-state index is 13.7. The molecule has 0 spiro atoms. The summed E-state index contributed by atoms with van der Waals surface area (Å²) in [6, 6.07) is 10.6. The Hall–Kier alpha value is -2.63. The standard InChI is InChI=1S/C26H30FN3O2/c27-21-3-1-18(2-4-21)26(19-8-16-7-17(10-19)11-20(26)9-16)12-25(31)30-14-23(15-30)32-24-6-5-22(28)13-29-24/h1-6,13,16-17,19-20,23H,7-12,14-15,28H2. The first kappa shape index (κ1) is 20.0. The van der Waals surface area contributed by atoms with Gasteiger partial charge in [0.1, 0.15) is 11.9 Å². The number of aromatic nitrogens is 1. The first-order valence-corrected chi connectivity index (χ1v) is 11.9. The number of hydrogen-bond donors (Lipinski definition) is 1. The number of pyridine rings is 1. The number of nitrogens with zero attached hydrogens (tertiary/aromatic N) is 2. The summed E-state index contributed by atoms with van der Waals surface area (Å²) in [5, 5.41) is 0. The van der Waals surface area contributed by atoms with Crippen molar-refractivity contribution in [3.63, 3.8) is 0 Å². The van der Waals surface area contributed by atoms with Crippen LogP contribution in [-0.4, -0.2) is 35.0 Å². The topological polar surface area (TPSA) is 68.5 Å². The third-order valence-corrected chi connectivity index (χ3v) is 8.67. The van der Waals surface area contributed by atoms with E-state index < -0.39 is 0 Å². The molecule has 0 unspecified atom stereocenters. The molecule has 168 valence electrons. The molecule has 1 aromatic heterocycles. The molecule has 6 heteroatoms. The SMILES string of the molecule is Nc1ccc(OC2CN(C(=O)CC3(c4ccc(F)cc4)C4CC5CC(C4)CC3C5)C2)nc1. The fraction of sp³-hybridized carbons (Fsp3) is 0.538. The lowest BCUT2D eigenvalue weighted by Gasteiger charge is -2.62. The normalized spacial score (nSPS) is 33.2. The van der Waals surface area contributed by atoms with E-state index in [9.17, 15) is 9.18 Å². The second-order valence-electron chi connectivity index (χ2n) is 10.5. The predicted molar refractivity (Wildman–Crippen MR) is 119 cm³/mol. The summed E-state index contributed by atoms with van der Waals surface area (Å²) in [7, 11) is 0. The fourth-order valence-electron chi connectivity index (χ4n) is 7.36. The number of anilines is 1. The summed E-state index contributed by atoms with van der Waals surface area (Å²) in [5.74, 6) is 3.22. The highest BCUT2D eigenvalue weighted by Crippen LogP contribution is 2.64. The van der Waals surface area contributed by atoms with E-state index in [1.165, 1.54) is 37.7 Å². The first-order chi connectivity index (χ1) is 15.5. The smallest absolute Gasteiger partial charge is 0.223 e. The molecule has 5 aliphatic rings. The van der Waals surface area contributed by atoms with Crippen LogP contribution in [0.3, 0.4) is 0 Å². The van der Waals surface area contributed by atoms with Crippen molar-refractivity contribution in [2.24, 2.45) is 23.7 Å². The van der Waals surface area contributed by atoms with Crippen LogP contribution in [-0.2, 0) is 10.2 Å². The molecule has 5 nitrogen and oxygen atoms in total. The van der Waals surface area contributed by atoms with Crippen molar-refractivity contribution in [1.29, 1.82) is 0 Å². The number of amides is 1. The van der Waals surface area contributed by atoms with Crippen LogP contribution in [0.5, 0.6) is 5.88 Å². The molecule has 1 amide bonds. The number of halogens is 1. The Morgan fingerprint density at radius 2 is 1.69 bits per heavy atom. The minimum atomic E-state index is -0.210. The Bertz CT molecular complexity index is 973. The molecule has 4 aliphatic carbocycles. The Labute approximate surface area is 188 Å². The lowest BCUT2D eigenvalue weighted by molar-refractivity contribution is -0.147. The highest BCUT2D eigenvalue weighted by molar-refractivity contribution is 5.79. The van der Waals surface area contributed by atoms with E-state index in [-0.39, 0.29) is 23.2 Å². The van der Waals surface area contributed by atoms with Crippen molar-refractivity contribution in [3.05, 3.63) is 54.0 Å². The largest absolute Gasteiger partial charge is 0.471 e. The molecule has 2 heterocycles. The zero-order chi connectivity index (χ0) is 21.9. The van der Waals surface area contributed by atoms with Crippen LogP contribution < -0.4 is 10.5 Å². The van der Waals surface area contributed by atoms with Crippen LogP contribution in [0.1, 0.15) is 44.1 Å². The summed E-state index contributed by atoms with van der Waals surface area (Å²) in [5.41, 5.74) is 7.30. The third-order valence-electron chi connectivity index (χ3n) is 8.67. The van der Waals surface area contributed by atoms with E-state index in [4.69, 9.17) is 10.5 Å². The summed E-state index contributed by atoms with van der Waals surface area (Å²) >= 11 is 0. The molecule has 7 rings (SSSR count). The zero-order valence-electron chi connectivity index (χ0n) is 18.3. The van der Waals surface area contributed by atoms with E-state index in [2.05, 4.69) is 4.98 Å². The third kappa shape index (κ3) is 3.26. The lowest BCUT2D eigenvalue weighted by Crippen LogP contribution is -2.61. The lowest BCUT2D eigenvalue weighted by atomic mass is 9.43. The Balaban J connectivity index is 1.19. The Morgan fingerprint density at radius 1 is 1.03 bits per heavy atom. The molecular weight excluding hydrogens is 405 g/mol. The number of ether oxygens (including phenoxy) is 1.